The third-order valence-corrected chi connectivity index (χ3v) is 4.34. The van der Waals surface area contributed by atoms with Gasteiger partial charge in [-0.15, -0.1) is 0 Å². The summed E-state index contributed by atoms with van der Waals surface area (Å²) >= 11 is 0. The molecular formula is C15H20O4. The fourth-order valence-corrected chi connectivity index (χ4v) is 2.98. The molecule has 1 atom stereocenters. The Morgan fingerprint density at radius 1 is 0.895 bits per heavy atom. The van der Waals surface area contributed by atoms with E-state index >= 15 is 0 Å². The lowest BCUT2D eigenvalue weighted by atomic mass is 9.75. The molecule has 19 heavy (non-hydrogen) atoms. The van der Waals surface area contributed by atoms with Crippen molar-refractivity contribution in [2.75, 3.05) is 19.8 Å². The summed E-state index contributed by atoms with van der Waals surface area (Å²) in [7, 11) is 0. The maximum Gasteiger partial charge on any atom is 0.152 e. The quantitative estimate of drug-likeness (QED) is 0.725. The molecule has 0 radical (unpaired) electrons. The van der Waals surface area contributed by atoms with Crippen LogP contribution in [0.15, 0.2) is 30.3 Å². The van der Waals surface area contributed by atoms with Crippen LogP contribution in [0.3, 0.4) is 0 Å². The van der Waals surface area contributed by atoms with Gasteiger partial charge in [-0.1, -0.05) is 30.3 Å². The Balaban J connectivity index is 2.28. The van der Waals surface area contributed by atoms with Gasteiger partial charge in [0.05, 0.1) is 30.7 Å². The Kier molecular flexibility index (Phi) is 4.04. The summed E-state index contributed by atoms with van der Waals surface area (Å²) in [6, 6.07) is 9.53. The zero-order valence-electron chi connectivity index (χ0n) is 10.9. The second-order valence-electron chi connectivity index (χ2n) is 5.53. The number of benzene rings is 1. The molecule has 4 heteroatoms. The van der Waals surface area contributed by atoms with Gasteiger partial charge in [-0.3, -0.25) is 4.79 Å². The van der Waals surface area contributed by atoms with E-state index < -0.39 is 10.8 Å². The van der Waals surface area contributed by atoms with E-state index in [1.807, 2.05) is 30.3 Å². The lowest BCUT2D eigenvalue weighted by Crippen LogP contribution is -2.43. The summed E-state index contributed by atoms with van der Waals surface area (Å²) in [4.78, 5) is 12.6. The molecule has 1 unspecified atom stereocenters. The first kappa shape index (κ1) is 14.2. The highest BCUT2D eigenvalue weighted by molar-refractivity contribution is 5.93. The van der Waals surface area contributed by atoms with Gasteiger partial charge in [-0.25, -0.2) is 0 Å². The monoisotopic (exact) mass is 264 g/mol. The van der Waals surface area contributed by atoms with Crippen LogP contribution >= 0.6 is 0 Å². The van der Waals surface area contributed by atoms with Crippen molar-refractivity contribution in [1.29, 1.82) is 0 Å². The molecule has 0 spiro atoms. The third kappa shape index (κ3) is 2.31. The highest BCUT2D eigenvalue weighted by atomic mass is 16.3. The van der Waals surface area contributed by atoms with Crippen molar-refractivity contribution in [3.63, 3.8) is 0 Å². The van der Waals surface area contributed by atoms with Crippen LogP contribution in [0, 0.1) is 10.8 Å². The van der Waals surface area contributed by atoms with Crippen molar-refractivity contribution in [3.8, 4) is 0 Å². The van der Waals surface area contributed by atoms with Crippen LogP contribution in [0.5, 0.6) is 0 Å². The smallest absolute Gasteiger partial charge is 0.152 e. The SMILES string of the molecule is O=C1C(CO)(CO)CCC1(CO)Cc1ccccc1. The largest absolute Gasteiger partial charge is 0.395 e. The fourth-order valence-electron chi connectivity index (χ4n) is 2.98. The Morgan fingerprint density at radius 3 is 1.89 bits per heavy atom. The van der Waals surface area contributed by atoms with Crippen LogP contribution in [-0.4, -0.2) is 40.9 Å². The van der Waals surface area contributed by atoms with Crippen LogP contribution in [0.4, 0.5) is 0 Å². The molecule has 0 aliphatic heterocycles. The highest BCUT2D eigenvalue weighted by Gasteiger charge is 2.55. The summed E-state index contributed by atoms with van der Waals surface area (Å²) in [6.07, 6.45) is 1.37. The van der Waals surface area contributed by atoms with Crippen molar-refractivity contribution in [3.05, 3.63) is 35.9 Å². The first-order valence-corrected chi connectivity index (χ1v) is 6.54. The van der Waals surface area contributed by atoms with E-state index in [2.05, 4.69) is 0 Å². The minimum atomic E-state index is -1.09. The molecule has 104 valence electrons. The summed E-state index contributed by atoms with van der Waals surface area (Å²) in [6.45, 7) is -0.972. The summed E-state index contributed by atoms with van der Waals surface area (Å²) < 4.78 is 0. The molecule has 1 aliphatic rings. The Labute approximate surface area is 112 Å². The van der Waals surface area contributed by atoms with Gasteiger partial charge in [0.25, 0.3) is 0 Å². The van der Waals surface area contributed by atoms with Gasteiger partial charge in [0.1, 0.15) is 0 Å². The van der Waals surface area contributed by atoms with Gasteiger partial charge < -0.3 is 15.3 Å². The normalized spacial score (nSPS) is 25.7. The van der Waals surface area contributed by atoms with Crippen molar-refractivity contribution in [1.82, 2.24) is 0 Å². The van der Waals surface area contributed by atoms with Crippen LogP contribution in [0.25, 0.3) is 0 Å². The van der Waals surface area contributed by atoms with Gasteiger partial charge in [0.2, 0.25) is 0 Å². The number of aliphatic hydroxyl groups excluding tert-OH is 3. The van der Waals surface area contributed by atoms with Crippen molar-refractivity contribution >= 4 is 5.78 Å². The topological polar surface area (TPSA) is 77.8 Å². The van der Waals surface area contributed by atoms with E-state index in [0.29, 0.717) is 19.3 Å². The Morgan fingerprint density at radius 2 is 1.42 bits per heavy atom. The second-order valence-corrected chi connectivity index (χ2v) is 5.53. The number of carbonyl (C=O) groups excluding carboxylic acids is 1. The minimum Gasteiger partial charge on any atom is -0.395 e. The highest BCUT2D eigenvalue weighted by Crippen LogP contribution is 2.47. The van der Waals surface area contributed by atoms with Gasteiger partial charge in [-0.05, 0) is 24.8 Å². The molecule has 4 nitrogen and oxygen atoms in total. The zero-order chi connectivity index (χ0) is 13.9. The van der Waals surface area contributed by atoms with E-state index in [0.717, 1.165) is 5.56 Å². The maximum atomic E-state index is 12.6. The fraction of sp³-hybridized carbons (Fsp3) is 0.533. The van der Waals surface area contributed by atoms with Crippen LogP contribution in [-0.2, 0) is 11.2 Å². The number of carbonyl (C=O) groups is 1. The molecule has 0 saturated heterocycles. The van der Waals surface area contributed by atoms with Gasteiger partial charge in [0.15, 0.2) is 5.78 Å². The molecule has 1 saturated carbocycles. The van der Waals surface area contributed by atoms with E-state index in [1.165, 1.54) is 0 Å². The standard InChI is InChI=1S/C15H20O4/c16-9-14(8-12-4-2-1-3-5-12)6-7-15(10-17,11-18)13(14)19/h1-5,16-18H,6-11H2. The number of ketones is 1. The number of Topliss-reactive ketones (excluding diaryl/α,β-unsaturated/α-hetero) is 1. The van der Waals surface area contributed by atoms with E-state index in [4.69, 9.17) is 0 Å². The lowest BCUT2D eigenvalue weighted by molar-refractivity contribution is -0.139. The molecular weight excluding hydrogens is 244 g/mol. The summed E-state index contributed by atoms with van der Waals surface area (Å²) in [5, 5.41) is 28.5. The van der Waals surface area contributed by atoms with Crippen LogP contribution in [0.1, 0.15) is 18.4 Å². The van der Waals surface area contributed by atoms with Crippen LogP contribution in [0.2, 0.25) is 0 Å². The number of rotatable bonds is 5. The Hall–Kier alpha value is -1.23. The summed E-state index contributed by atoms with van der Waals surface area (Å²) in [5.74, 6) is -0.212. The predicted molar refractivity (Wildman–Crippen MR) is 70.5 cm³/mol. The van der Waals surface area contributed by atoms with Crippen molar-refractivity contribution < 1.29 is 20.1 Å². The lowest BCUT2D eigenvalue weighted by Gasteiger charge is -2.29. The molecule has 2 rings (SSSR count). The van der Waals surface area contributed by atoms with E-state index in [1.54, 1.807) is 0 Å². The maximum absolute atomic E-state index is 12.6. The molecule has 1 aromatic rings. The van der Waals surface area contributed by atoms with E-state index in [-0.39, 0.29) is 25.6 Å². The average molecular weight is 264 g/mol. The molecule has 0 bridgehead atoms. The zero-order valence-corrected chi connectivity index (χ0v) is 10.9. The van der Waals surface area contributed by atoms with Crippen molar-refractivity contribution in [2.45, 2.75) is 19.3 Å². The predicted octanol–water partition coefficient (Wildman–Crippen LogP) is 0.542. The second kappa shape index (κ2) is 5.41. The molecule has 1 fully saturated rings. The molecule has 0 amide bonds. The number of hydrogen-bond donors (Lipinski definition) is 3. The average Bonchev–Trinajstić information content (AvgIpc) is 2.74. The van der Waals surface area contributed by atoms with Crippen molar-refractivity contribution in [2.24, 2.45) is 10.8 Å². The van der Waals surface area contributed by atoms with E-state index in [9.17, 15) is 20.1 Å². The number of hydrogen-bond acceptors (Lipinski definition) is 4. The molecule has 0 aromatic heterocycles. The Bertz CT molecular complexity index is 439. The first-order chi connectivity index (χ1) is 9.12. The van der Waals surface area contributed by atoms with Gasteiger partial charge in [0, 0.05) is 0 Å². The van der Waals surface area contributed by atoms with Gasteiger partial charge >= 0.3 is 0 Å². The first-order valence-electron chi connectivity index (χ1n) is 6.54. The van der Waals surface area contributed by atoms with Gasteiger partial charge in [-0.2, -0.15) is 0 Å². The van der Waals surface area contributed by atoms with Crippen LogP contribution < -0.4 is 0 Å². The number of aliphatic hydroxyl groups is 3. The third-order valence-electron chi connectivity index (χ3n) is 4.34. The molecule has 0 heterocycles. The summed E-state index contributed by atoms with van der Waals surface area (Å²) in [5.41, 5.74) is -0.971. The molecule has 3 N–H and O–H groups in total. The molecule has 1 aromatic carbocycles. The molecule has 1 aliphatic carbocycles. The minimum absolute atomic E-state index is 0.212.